The van der Waals surface area contributed by atoms with Crippen LogP contribution in [-0.2, 0) is 6.42 Å². The fraction of sp³-hybridized carbons (Fsp3) is 0.211. The average molecular weight is 418 g/mol. The van der Waals surface area contributed by atoms with Crippen molar-refractivity contribution in [1.82, 2.24) is 10.3 Å². The van der Waals surface area contributed by atoms with Crippen LogP contribution in [0, 0.1) is 6.92 Å². The zero-order chi connectivity index (χ0) is 17.8. The van der Waals surface area contributed by atoms with E-state index in [1.54, 1.807) is 7.11 Å². The predicted octanol–water partition coefficient (Wildman–Crippen LogP) is 4.78. The number of fused-ring (bicyclic) bond motifs is 1. The molecule has 2 aromatic carbocycles. The van der Waals surface area contributed by atoms with Crippen molar-refractivity contribution in [2.75, 3.05) is 19.0 Å². The lowest BCUT2D eigenvalue weighted by molar-refractivity contribution is 0.417. The molecule has 130 valence electrons. The van der Waals surface area contributed by atoms with E-state index in [1.807, 2.05) is 30.3 Å². The summed E-state index contributed by atoms with van der Waals surface area (Å²) in [4.78, 5) is 3.43. The van der Waals surface area contributed by atoms with E-state index < -0.39 is 0 Å². The van der Waals surface area contributed by atoms with E-state index in [-0.39, 0.29) is 0 Å². The van der Waals surface area contributed by atoms with Crippen LogP contribution in [-0.4, -0.2) is 23.8 Å². The van der Waals surface area contributed by atoms with Gasteiger partial charge in [-0.1, -0.05) is 28.1 Å². The van der Waals surface area contributed by atoms with Gasteiger partial charge in [0.1, 0.15) is 5.75 Å². The predicted molar refractivity (Wildman–Crippen MR) is 112 cm³/mol. The Morgan fingerprint density at radius 2 is 2.04 bits per heavy atom. The Balaban J connectivity index is 1.62. The van der Waals surface area contributed by atoms with Gasteiger partial charge in [-0.15, -0.1) is 0 Å². The van der Waals surface area contributed by atoms with Crippen molar-refractivity contribution in [1.29, 1.82) is 0 Å². The van der Waals surface area contributed by atoms with E-state index in [0.717, 1.165) is 34.4 Å². The summed E-state index contributed by atoms with van der Waals surface area (Å²) in [6, 6.07) is 14.0. The molecule has 25 heavy (non-hydrogen) atoms. The van der Waals surface area contributed by atoms with E-state index in [0.29, 0.717) is 5.11 Å². The Labute approximate surface area is 161 Å². The molecule has 0 amide bonds. The zero-order valence-corrected chi connectivity index (χ0v) is 16.6. The molecule has 0 fully saturated rings. The van der Waals surface area contributed by atoms with Gasteiger partial charge in [-0.2, -0.15) is 0 Å². The lowest BCUT2D eigenvalue weighted by Crippen LogP contribution is -2.30. The fourth-order valence-corrected chi connectivity index (χ4v) is 3.47. The average Bonchev–Trinajstić information content (AvgIpc) is 2.90. The van der Waals surface area contributed by atoms with Crippen molar-refractivity contribution < 1.29 is 4.74 Å². The van der Waals surface area contributed by atoms with Crippen LogP contribution in [0.25, 0.3) is 10.9 Å². The van der Waals surface area contributed by atoms with Crippen LogP contribution in [0.4, 0.5) is 5.69 Å². The third kappa shape index (κ3) is 4.14. The number of hydrogen-bond donors (Lipinski definition) is 3. The normalized spacial score (nSPS) is 10.7. The number of rotatable bonds is 5. The molecule has 0 aliphatic rings. The third-order valence-electron chi connectivity index (χ3n) is 4.10. The van der Waals surface area contributed by atoms with Crippen molar-refractivity contribution >= 4 is 49.9 Å². The van der Waals surface area contributed by atoms with Gasteiger partial charge in [0.15, 0.2) is 5.11 Å². The number of hydrogen-bond acceptors (Lipinski definition) is 2. The van der Waals surface area contributed by atoms with Crippen LogP contribution < -0.4 is 15.4 Å². The third-order valence-corrected chi connectivity index (χ3v) is 4.84. The summed E-state index contributed by atoms with van der Waals surface area (Å²) in [6.07, 6.45) is 0.885. The SMILES string of the molecule is COc1ccccc1NC(=S)NCCc1c(C)[nH]c2ccc(Br)cc12. The van der Waals surface area contributed by atoms with Crippen molar-refractivity contribution in [3.63, 3.8) is 0 Å². The number of aromatic amines is 1. The number of anilines is 1. The van der Waals surface area contributed by atoms with Crippen LogP contribution >= 0.6 is 28.1 Å². The number of benzene rings is 2. The van der Waals surface area contributed by atoms with Gasteiger partial charge in [0.2, 0.25) is 0 Å². The summed E-state index contributed by atoms with van der Waals surface area (Å²) in [7, 11) is 1.65. The molecule has 0 aliphatic heterocycles. The summed E-state index contributed by atoms with van der Waals surface area (Å²) in [5.41, 5.74) is 4.52. The maximum absolute atomic E-state index is 5.39. The van der Waals surface area contributed by atoms with Gasteiger partial charge in [-0.05, 0) is 61.5 Å². The molecule has 4 nitrogen and oxygen atoms in total. The molecule has 0 radical (unpaired) electrons. The topological polar surface area (TPSA) is 49.1 Å². The molecule has 0 saturated carbocycles. The van der Waals surface area contributed by atoms with Gasteiger partial charge in [-0.25, -0.2) is 0 Å². The molecule has 0 unspecified atom stereocenters. The molecule has 3 aromatic rings. The highest BCUT2D eigenvalue weighted by atomic mass is 79.9. The number of ether oxygens (including phenoxy) is 1. The van der Waals surface area contributed by atoms with Crippen LogP contribution in [0.15, 0.2) is 46.9 Å². The number of thiocarbonyl (C=S) groups is 1. The summed E-state index contributed by atoms with van der Waals surface area (Å²) in [6.45, 7) is 2.86. The van der Waals surface area contributed by atoms with Gasteiger partial charge in [0.25, 0.3) is 0 Å². The van der Waals surface area contributed by atoms with Crippen LogP contribution in [0.1, 0.15) is 11.3 Å². The fourth-order valence-electron chi connectivity index (χ4n) is 2.89. The van der Waals surface area contributed by atoms with Crippen LogP contribution in [0.3, 0.4) is 0 Å². The number of para-hydroxylation sites is 2. The second kappa shape index (κ2) is 7.89. The first-order chi connectivity index (χ1) is 12.1. The lowest BCUT2D eigenvalue weighted by atomic mass is 10.1. The first kappa shape index (κ1) is 17.8. The highest BCUT2D eigenvalue weighted by Gasteiger charge is 2.09. The molecule has 0 bridgehead atoms. The molecule has 1 aromatic heterocycles. The van der Waals surface area contributed by atoms with Gasteiger partial charge >= 0.3 is 0 Å². The standard InChI is InChI=1S/C19H20BrN3OS/c1-12-14(15-11-13(20)7-8-16(15)22-12)9-10-21-19(25)23-17-5-3-4-6-18(17)24-2/h3-8,11,22H,9-10H2,1-2H3,(H2,21,23,25). The molecule has 0 saturated heterocycles. The zero-order valence-electron chi connectivity index (χ0n) is 14.2. The van der Waals surface area contributed by atoms with Crippen molar-refractivity contribution in [3.05, 3.63) is 58.2 Å². The molecule has 3 rings (SSSR count). The molecule has 1 heterocycles. The Morgan fingerprint density at radius 3 is 2.84 bits per heavy atom. The number of aryl methyl sites for hydroxylation is 1. The maximum Gasteiger partial charge on any atom is 0.170 e. The Morgan fingerprint density at radius 1 is 1.24 bits per heavy atom. The number of nitrogens with one attached hydrogen (secondary N) is 3. The number of halogens is 1. The van der Waals surface area contributed by atoms with Gasteiger partial charge in [0, 0.05) is 27.6 Å². The van der Waals surface area contributed by atoms with Gasteiger partial charge < -0.3 is 20.4 Å². The molecule has 0 aliphatic carbocycles. The highest BCUT2D eigenvalue weighted by Crippen LogP contribution is 2.26. The monoisotopic (exact) mass is 417 g/mol. The molecule has 0 spiro atoms. The van der Waals surface area contributed by atoms with Crippen LogP contribution in [0.2, 0.25) is 0 Å². The largest absolute Gasteiger partial charge is 0.495 e. The molecule has 3 N–H and O–H groups in total. The number of methoxy groups -OCH3 is 1. The second-order valence-electron chi connectivity index (χ2n) is 5.75. The van der Waals surface area contributed by atoms with E-state index >= 15 is 0 Å². The highest BCUT2D eigenvalue weighted by molar-refractivity contribution is 9.10. The van der Waals surface area contributed by atoms with Crippen LogP contribution in [0.5, 0.6) is 5.75 Å². The smallest absolute Gasteiger partial charge is 0.170 e. The molecule has 0 atom stereocenters. The van der Waals surface area contributed by atoms with E-state index in [2.05, 4.69) is 50.6 Å². The minimum atomic E-state index is 0.586. The van der Waals surface area contributed by atoms with Gasteiger partial charge in [0.05, 0.1) is 12.8 Å². The minimum absolute atomic E-state index is 0.586. The second-order valence-corrected chi connectivity index (χ2v) is 7.07. The Kier molecular flexibility index (Phi) is 5.60. The van der Waals surface area contributed by atoms with E-state index in [4.69, 9.17) is 17.0 Å². The summed E-state index contributed by atoms with van der Waals surface area (Å²) >= 11 is 8.94. The Bertz CT molecular complexity index is 907. The molecule has 6 heteroatoms. The van der Waals surface area contributed by atoms with Crippen molar-refractivity contribution in [2.45, 2.75) is 13.3 Å². The lowest BCUT2D eigenvalue weighted by Gasteiger charge is -2.13. The van der Waals surface area contributed by atoms with E-state index in [1.165, 1.54) is 16.6 Å². The maximum atomic E-state index is 5.39. The quantitative estimate of drug-likeness (QED) is 0.522. The van der Waals surface area contributed by atoms with Crippen molar-refractivity contribution in [2.24, 2.45) is 0 Å². The van der Waals surface area contributed by atoms with Crippen molar-refractivity contribution in [3.8, 4) is 5.75 Å². The first-order valence-corrected chi connectivity index (χ1v) is 9.23. The number of H-pyrrole nitrogens is 1. The van der Waals surface area contributed by atoms with Gasteiger partial charge in [-0.3, -0.25) is 0 Å². The summed E-state index contributed by atoms with van der Waals surface area (Å²) in [5.74, 6) is 0.768. The molecular formula is C19H20BrN3OS. The molecular weight excluding hydrogens is 398 g/mol. The first-order valence-electron chi connectivity index (χ1n) is 8.03. The summed E-state index contributed by atoms with van der Waals surface area (Å²) in [5, 5.41) is 8.28. The Hall–Kier alpha value is -2.05. The minimum Gasteiger partial charge on any atom is -0.495 e. The number of aromatic nitrogens is 1. The van der Waals surface area contributed by atoms with E-state index in [9.17, 15) is 0 Å². The summed E-state index contributed by atoms with van der Waals surface area (Å²) < 4.78 is 6.41.